The van der Waals surface area contributed by atoms with Crippen molar-refractivity contribution in [3.63, 3.8) is 0 Å². The Morgan fingerprint density at radius 1 is 1.21 bits per heavy atom. The van der Waals surface area contributed by atoms with Crippen molar-refractivity contribution in [2.45, 2.75) is 0 Å². The lowest BCUT2D eigenvalue weighted by Crippen LogP contribution is -1.99. The Bertz CT molecular complexity index is 729. The minimum atomic E-state index is 0.283. The third kappa shape index (κ3) is 2.17. The van der Waals surface area contributed by atoms with Gasteiger partial charge in [0.15, 0.2) is 11.5 Å². The second-order valence-electron chi connectivity index (χ2n) is 3.64. The lowest BCUT2D eigenvalue weighted by Gasteiger charge is -2.10. The molecule has 0 fully saturated rings. The molecule has 6 nitrogen and oxygen atoms in total. The average molecular weight is 277 g/mol. The highest BCUT2D eigenvalue weighted by atomic mass is 35.5. The van der Waals surface area contributed by atoms with Gasteiger partial charge in [-0.3, -0.25) is 0 Å². The molecule has 0 saturated heterocycles. The van der Waals surface area contributed by atoms with Gasteiger partial charge in [0.2, 0.25) is 5.88 Å². The Morgan fingerprint density at radius 2 is 2.00 bits per heavy atom. The van der Waals surface area contributed by atoms with Crippen molar-refractivity contribution in [3.8, 4) is 17.4 Å². The first-order valence-electron chi connectivity index (χ1n) is 5.45. The summed E-state index contributed by atoms with van der Waals surface area (Å²) in [5.41, 5.74) is 0. The molecule has 3 aromatic rings. The normalized spacial score (nSPS) is 10.6. The van der Waals surface area contributed by atoms with Gasteiger partial charge in [0.05, 0.1) is 7.11 Å². The summed E-state index contributed by atoms with van der Waals surface area (Å²) >= 11 is 5.92. The molecule has 0 aliphatic rings. The van der Waals surface area contributed by atoms with Crippen molar-refractivity contribution in [3.05, 3.63) is 41.8 Å². The third-order valence-corrected chi connectivity index (χ3v) is 2.67. The van der Waals surface area contributed by atoms with Gasteiger partial charge in [-0.15, -0.1) is 0 Å². The van der Waals surface area contributed by atoms with Crippen LogP contribution in [-0.2, 0) is 0 Å². The minimum Gasteiger partial charge on any atom is -0.493 e. The van der Waals surface area contributed by atoms with Gasteiger partial charge in [0, 0.05) is 6.07 Å². The van der Waals surface area contributed by atoms with E-state index in [2.05, 4.69) is 15.1 Å². The van der Waals surface area contributed by atoms with Crippen LogP contribution in [0.3, 0.4) is 0 Å². The standard InChI is InChI=1S/C12H9ClN4O2/c1-18-8-4-2-3-5-9(8)19-11-6-10(13)16-12-14-7-15-17(11)12/h2-7H,1H3. The van der Waals surface area contributed by atoms with Crippen LogP contribution in [0.4, 0.5) is 0 Å². The summed E-state index contributed by atoms with van der Waals surface area (Å²) in [4.78, 5) is 7.99. The first-order chi connectivity index (χ1) is 9.28. The van der Waals surface area contributed by atoms with Gasteiger partial charge in [-0.1, -0.05) is 23.7 Å². The number of para-hydroxylation sites is 2. The molecule has 7 heteroatoms. The smallest absolute Gasteiger partial charge is 0.256 e. The van der Waals surface area contributed by atoms with E-state index in [4.69, 9.17) is 21.1 Å². The zero-order valence-electron chi connectivity index (χ0n) is 9.95. The second kappa shape index (κ2) is 4.74. The molecule has 0 amide bonds. The maximum atomic E-state index is 5.92. The van der Waals surface area contributed by atoms with Gasteiger partial charge in [0.25, 0.3) is 5.78 Å². The molecule has 0 aliphatic carbocycles. The van der Waals surface area contributed by atoms with Gasteiger partial charge in [0.1, 0.15) is 11.5 Å². The van der Waals surface area contributed by atoms with Crippen LogP contribution in [0.5, 0.6) is 17.4 Å². The molecular weight excluding hydrogens is 268 g/mol. The number of hydrogen-bond acceptors (Lipinski definition) is 5. The number of ether oxygens (including phenoxy) is 2. The molecule has 3 rings (SSSR count). The molecule has 2 aromatic heterocycles. The van der Waals surface area contributed by atoms with Crippen LogP contribution in [-0.4, -0.2) is 26.7 Å². The predicted octanol–water partition coefficient (Wildman–Crippen LogP) is 2.58. The zero-order chi connectivity index (χ0) is 13.2. The molecule has 2 heterocycles. The second-order valence-corrected chi connectivity index (χ2v) is 4.03. The predicted molar refractivity (Wildman–Crippen MR) is 68.9 cm³/mol. The summed E-state index contributed by atoms with van der Waals surface area (Å²) in [7, 11) is 1.58. The van der Waals surface area contributed by atoms with Crippen molar-refractivity contribution < 1.29 is 9.47 Å². The van der Waals surface area contributed by atoms with E-state index in [-0.39, 0.29) is 5.15 Å². The van der Waals surface area contributed by atoms with Crippen LogP contribution in [0.2, 0.25) is 5.15 Å². The quantitative estimate of drug-likeness (QED) is 0.688. The maximum absolute atomic E-state index is 5.92. The fourth-order valence-electron chi connectivity index (χ4n) is 1.65. The lowest BCUT2D eigenvalue weighted by molar-refractivity contribution is 0.370. The molecular formula is C12H9ClN4O2. The first kappa shape index (κ1) is 11.7. The van der Waals surface area contributed by atoms with Crippen LogP contribution < -0.4 is 9.47 Å². The average Bonchev–Trinajstić information content (AvgIpc) is 2.87. The molecule has 0 unspecified atom stereocenters. The summed E-state index contributed by atoms with van der Waals surface area (Å²) in [5, 5.41) is 4.31. The number of benzene rings is 1. The van der Waals surface area contributed by atoms with Crippen LogP contribution in [0, 0.1) is 0 Å². The fourth-order valence-corrected chi connectivity index (χ4v) is 1.82. The van der Waals surface area contributed by atoms with Gasteiger partial charge in [-0.05, 0) is 12.1 Å². The van der Waals surface area contributed by atoms with E-state index < -0.39 is 0 Å². The van der Waals surface area contributed by atoms with Crippen LogP contribution >= 0.6 is 11.6 Å². The summed E-state index contributed by atoms with van der Waals surface area (Å²) in [6, 6.07) is 8.86. The Hall–Kier alpha value is -2.34. The molecule has 0 aliphatic heterocycles. The number of nitrogens with zero attached hydrogens (tertiary/aromatic N) is 4. The van der Waals surface area contributed by atoms with Crippen molar-refractivity contribution in [1.29, 1.82) is 0 Å². The number of halogens is 1. The molecule has 19 heavy (non-hydrogen) atoms. The van der Waals surface area contributed by atoms with Gasteiger partial charge in [-0.2, -0.15) is 19.6 Å². The van der Waals surface area contributed by atoms with E-state index in [1.54, 1.807) is 25.3 Å². The van der Waals surface area contributed by atoms with Crippen molar-refractivity contribution in [2.75, 3.05) is 7.11 Å². The Labute approximate surface area is 113 Å². The largest absolute Gasteiger partial charge is 0.493 e. The van der Waals surface area contributed by atoms with E-state index in [1.165, 1.54) is 10.8 Å². The number of hydrogen-bond donors (Lipinski definition) is 0. The molecule has 96 valence electrons. The van der Waals surface area contributed by atoms with E-state index >= 15 is 0 Å². The highest BCUT2D eigenvalue weighted by Gasteiger charge is 2.11. The molecule has 0 radical (unpaired) electrons. The molecule has 0 spiro atoms. The number of fused-ring (bicyclic) bond motifs is 1. The summed E-state index contributed by atoms with van der Waals surface area (Å²) in [5.74, 6) is 1.96. The number of aromatic nitrogens is 4. The van der Waals surface area contributed by atoms with E-state index in [0.29, 0.717) is 23.2 Å². The van der Waals surface area contributed by atoms with Crippen molar-refractivity contribution >= 4 is 17.4 Å². The molecule has 0 bridgehead atoms. The molecule has 0 N–H and O–H groups in total. The van der Waals surface area contributed by atoms with Crippen LogP contribution in [0.15, 0.2) is 36.7 Å². The molecule has 1 aromatic carbocycles. The Kier molecular flexibility index (Phi) is 2.92. The summed E-state index contributed by atoms with van der Waals surface area (Å²) < 4.78 is 12.4. The first-order valence-corrected chi connectivity index (χ1v) is 5.83. The molecule has 0 atom stereocenters. The fraction of sp³-hybridized carbons (Fsp3) is 0.0833. The van der Waals surface area contributed by atoms with Crippen LogP contribution in [0.1, 0.15) is 0 Å². The van der Waals surface area contributed by atoms with Crippen molar-refractivity contribution in [1.82, 2.24) is 19.6 Å². The number of rotatable bonds is 3. The van der Waals surface area contributed by atoms with E-state index in [0.717, 1.165) is 0 Å². The topological polar surface area (TPSA) is 61.5 Å². The highest BCUT2D eigenvalue weighted by molar-refractivity contribution is 6.29. The van der Waals surface area contributed by atoms with Crippen molar-refractivity contribution in [2.24, 2.45) is 0 Å². The summed E-state index contributed by atoms with van der Waals surface area (Å²) in [6.45, 7) is 0. The SMILES string of the molecule is COc1ccccc1Oc1cc(Cl)nc2ncnn12. The maximum Gasteiger partial charge on any atom is 0.256 e. The minimum absolute atomic E-state index is 0.283. The molecule has 0 saturated carbocycles. The van der Waals surface area contributed by atoms with Crippen LogP contribution in [0.25, 0.3) is 5.78 Å². The zero-order valence-corrected chi connectivity index (χ0v) is 10.7. The van der Waals surface area contributed by atoms with Gasteiger partial charge >= 0.3 is 0 Å². The highest BCUT2D eigenvalue weighted by Crippen LogP contribution is 2.31. The Morgan fingerprint density at radius 3 is 2.79 bits per heavy atom. The van der Waals surface area contributed by atoms with E-state index in [9.17, 15) is 0 Å². The van der Waals surface area contributed by atoms with Gasteiger partial charge < -0.3 is 9.47 Å². The summed E-state index contributed by atoms with van der Waals surface area (Å²) in [6.07, 6.45) is 1.38. The van der Waals surface area contributed by atoms with E-state index in [1.807, 2.05) is 12.1 Å². The Balaban J connectivity index is 2.07. The third-order valence-electron chi connectivity index (χ3n) is 2.47. The lowest BCUT2D eigenvalue weighted by atomic mass is 10.3. The van der Waals surface area contributed by atoms with Gasteiger partial charge in [-0.25, -0.2) is 0 Å². The monoisotopic (exact) mass is 276 g/mol. The number of methoxy groups -OCH3 is 1.